The number of hydrogen-bond acceptors (Lipinski definition) is 5. The molecule has 9 heteroatoms. The van der Waals surface area contributed by atoms with Gasteiger partial charge >= 0.3 is 6.03 Å². The van der Waals surface area contributed by atoms with E-state index in [1.165, 1.54) is 0 Å². The average molecular weight is 558 g/mol. The third kappa shape index (κ3) is 3.91. The molecule has 9 nitrogen and oxygen atoms in total. The van der Waals surface area contributed by atoms with Crippen LogP contribution in [-0.4, -0.2) is 82.4 Å². The van der Waals surface area contributed by atoms with E-state index in [1.807, 2.05) is 33.7 Å². The van der Waals surface area contributed by atoms with E-state index in [2.05, 4.69) is 23.2 Å². The highest BCUT2D eigenvalue weighted by Gasteiger charge is 2.68. The largest absolute Gasteiger partial charge is 0.336 e. The molecule has 6 fully saturated rings. The number of hydrogen-bond donors (Lipinski definition) is 1. The molecule has 6 unspecified atom stereocenters. The quantitative estimate of drug-likeness (QED) is 0.551. The third-order valence-electron chi connectivity index (χ3n) is 11.6. The maximum Gasteiger partial charge on any atom is 0.317 e. The fourth-order valence-electron chi connectivity index (χ4n) is 9.55. The molecule has 8 rings (SSSR count). The van der Waals surface area contributed by atoms with E-state index in [1.54, 1.807) is 11.0 Å². The predicted octanol–water partition coefficient (Wildman–Crippen LogP) is 2.56. The summed E-state index contributed by atoms with van der Waals surface area (Å²) in [7, 11) is 0. The number of para-hydroxylation sites is 1. The molecule has 2 bridgehead atoms. The number of carbonyl (C=O) groups is 3. The van der Waals surface area contributed by atoms with Crippen LogP contribution in [0.5, 0.6) is 0 Å². The number of aromatic nitrogens is 1. The van der Waals surface area contributed by atoms with Crippen molar-refractivity contribution in [1.29, 1.82) is 0 Å². The molecule has 3 saturated carbocycles. The number of piperidine rings is 1. The van der Waals surface area contributed by atoms with Gasteiger partial charge in [0.15, 0.2) is 0 Å². The smallest absolute Gasteiger partial charge is 0.317 e. The number of urea groups is 1. The van der Waals surface area contributed by atoms with Crippen molar-refractivity contribution in [3.05, 3.63) is 46.8 Å². The lowest BCUT2D eigenvalue weighted by atomic mass is 9.72. The summed E-state index contributed by atoms with van der Waals surface area (Å²) in [4.78, 5) is 58.4. The second kappa shape index (κ2) is 9.41. The maximum atomic E-state index is 13.6. The zero-order chi connectivity index (χ0) is 28.0. The minimum atomic E-state index is -0.240. The fraction of sp³-hybridized carbons (Fsp3) is 0.625. The number of benzene rings is 1. The van der Waals surface area contributed by atoms with Gasteiger partial charge in [-0.2, -0.15) is 0 Å². The van der Waals surface area contributed by atoms with Crippen molar-refractivity contribution in [3.8, 4) is 0 Å². The van der Waals surface area contributed by atoms with Crippen molar-refractivity contribution >= 4 is 28.7 Å². The van der Waals surface area contributed by atoms with Crippen LogP contribution in [0.15, 0.2) is 41.2 Å². The maximum absolute atomic E-state index is 13.6. The number of rotatable bonds is 6. The van der Waals surface area contributed by atoms with Gasteiger partial charge in [0.1, 0.15) is 0 Å². The summed E-state index contributed by atoms with van der Waals surface area (Å²) in [5, 5.41) is 4.02. The van der Waals surface area contributed by atoms with Crippen LogP contribution in [0.2, 0.25) is 0 Å². The number of fused-ring (bicyclic) bond motifs is 6. The lowest BCUT2D eigenvalue weighted by molar-refractivity contribution is -0.141. The molecule has 2 aromatic rings. The minimum Gasteiger partial charge on any atom is -0.336 e. The molecular formula is C32H39N5O4. The molecule has 3 saturated heterocycles. The Labute approximate surface area is 239 Å². The molecule has 216 valence electrons. The van der Waals surface area contributed by atoms with Gasteiger partial charge in [-0.25, -0.2) is 4.79 Å². The van der Waals surface area contributed by atoms with E-state index in [0.29, 0.717) is 31.5 Å². The Hall–Kier alpha value is -3.20. The highest BCUT2D eigenvalue weighted by atomic mass is 16.2. The van der Waals surface area contributed by atoms with Crippen molar-refractivity contribution in [2.75, 3.05) is 39.3 Å². The van der Waals surface area contributed by atoms with Gasteiger partial charge in [-0.05, 0) is 72.8 Å². The number of nitrogens with zero attached hydrogens (tertiary/aromatic N) is 4. The number of carbonyl (C=O) groups excluding carboxylic acids is 3. The lowest BCUT2D eigenvalue weighted by Crippen LogP contribution is -2.50. The van der Waals surface area contributed by atoms with Crippen LogP contribution in [0, 0.1) is 41.4 Å². The van der Waals surface area contributed by atoms with E-state index >= 15 is 0 Å². The highest BCUT2D eigenvalue weighted by Crippen LogP contribution is 2.60. The van der Waals surface area contributed by atoms with Gasteiger partial charge in [-0.1, -0.05) is 25.1 Å². The topological polar surface area (TPSA) is 95.0 Å². The summed E-state index contributed by atoms with van der Waals surface area (Å²) >= 11 is 0. The van der Waals surface area contributed by atoms with Gasteiger partial charge in [-0.3, -0.25) is 19.3 Å². The molecule has 6 aliphatic rings. The molecule has 8 atom stereocenters. The Morgan fingerprint density at radius 3 is 2.32 bits per heavy atom. The van der Waals surface area contributed by atoms with E-state index in [-0.39, 0.29) is 65.1 Å². The summed E-state index contributed by atoms with van der Waals surface area (Å²) in [6.07, 6.45) is 3.86. The second-order valence-corrected chi connectivity index (χ2v) is 13.6. The van der Waals surface area contributed by atoms with Gasteiger partial charge in [-0.15, -0.1) is 0 Å². The van der Waals surface area contributed by atoms with Crippen LogP contribution in [0.3, 0.4) is 0 Å². The Bertz CT molecular complexity index is 1480. The van der Waals surface area contributed by atoms with E-state index in [0.717, 1.165) is 56.2 Å². The molecule has 1 N–H and O–H groups in total. The molecule has 3 aliphatic heterocycles. The van der Waals surface area contributed by atoms with Gasteiger partial charge in [0.25, 0.3) is 5.56 Å². The standard InChI is InChI=1S/C32H39N5O4/c1-18-23-15-24(29(18)35-13-10-33-32(35)41)28-27(23)30(39)36(31(28)40)17-21-14-20(21)16-34-11-8-22(9-12-34)37-25-5-3-2-4-19(25)6-7-26(37)38/h2-7,18,20-24,27-29H,8-17H2,1H3,(H,33,41)/t18?,20-,21-,23?,24?,27?,28?,29?/m1/s1. The third-order valence-corrected chi connectivity index (χ3v) is 11.6. The second-order valence-electron chi connectivity index (χ2n) is 13.6. The molecule has 41 heavy (non-hydrogen) atoms. The Balaban J connectivity index is 0.879. The predicted molar refractivity (Wildman–Crippen MR) is 153 cm³/mol. The summed E-state index contributed by atoms with van der Waals surface area (Å²) in [6, 6.07) is 12.0. The number of pyridine rings is 1. The lowest BCUT2D eigenvalue weighted by Gasteiger charge is -2.38. The zero-order valence-corrected chi connectivity index (χ0v) is 23.7. The van der Waals surface area contributed by atoms with Crippen molar-refractivity contribution in [2.24, 2.45) is 41.4 Å². The molecule has 3 aliphatic carbocycles. The van der Waals surface area contributed by atoms with Crippen molar-refractivity contribution in [1.82, 2.24) is 24.6 Å². The molecule has 0 radical (unpaired) electrons. The SMILES string of the molecule is CC1C2CC(C3C(=O)N(C[C@H]4C[C@@H]4CN4CCC(n5c(=O)ccc6ccccc65)CC4)C(=O)C23)C1N1CCNC1=O. The van der Waals surface area contributed by atoms with Crippen molar-refractivity contribution in [2.45, 2.75) is 44.7 Å². The first kappa shape index (κ1) is 25.5. The zero-order valence-electron chi connectivity index (χ0n) is 23.7. The van der Waals surface area contributed by atoms with Crippen LogP contribution >= 0.6 is 0 Å². The molecule has 1 aromatic heterocycles. The normalized spacial score (nSPS) is 37.0. The van der Waals surface area contributed by atoms with Crippen molar-refractivity contribution in [3.63, 3.8) is 0 Å². The van der Waals surface area contributed by atoms with Crippen molar-refractivity contribution < 1.29 is 14.4 Å². The fourth-order valence-corrected chi connectivity index (χ4v) is 9.55. The van der Waals surface area contributed by atoms with Gasteiger partial charge < -0.3 is 19.7 Å². The minimum absolute atomic E-state index is 0.0198. The average Bonchev–Trinajstić information content (AvgIpc) is 3.23. The number of imide groups is 1. The molecular weight excluding hydrogens is 518 g/mol. The Kier molecular flexibility index (Phi) is 5.85. The van der Waals surface area contributed by atoms with Crippen LogP contribution in [-0.2, 0) is 9.59 Å². The first-order valence-electron chi connectivity index (χ1n) is 15.6. The van der Waals surface area contributed by atoms with E-state index in [9.17, 15) is 19.2 Å². The summed E-state index contributed by atoms with van der Waals surface area (Å²) in [6.45, 7) is 7.01. The first-order valence-corrected chi connectivity index (χ1v) is 15.6. The molecule has 4 amide bonds. The number of nitrogens with one attached hydrogen (secondary N) is 1. The summed E-state index contributed by atoms with van der Waals surface area (Å²) in [5.74, 6) is 1.12. The van der Waals surface area contributed by atoms with Crippen LogP contribution in [0.25, 0.3) is 10.9 Å². The van der Waals surface area contributed by atoms with E-state index < -0.39 is 0 Å². The number of amides is 4. The Morgan fingerprint density at radius 2 is 1.56 bits per heavy atom. The monoisotopic (exact) mass is 557 g/mol. The van der Waals surface area contributed by atoms with Gasteiger partial charge in [0.05, 0.1) is 17.4 Å². The van der Waals surface area contributed by atoms with Crippen LogP contribution in [0.1, 0.15) is 38.6 Å². The van der Waals surface area contributed by atoms with E-state index in [4.69, 9.17) is 0 Å². The highest BCUT2D eigenvalue weighted by molar-refractivity contribution is 6.06. The van der Waals surface area contributed by atoms with Gasteiger partial charge in [0, 0.05) is 57.4 Å². The van der Waals surface area contributed by atoms with Crippen LogP contribution < -0.4 is 10.9 Å². The number of likely N-dealkylation sites (tertiary alicyclic amines) is 2. The summed E-state index contributed by atoms with van der Waals surface area (Å²) in [5.41, 5.74) is 1.09. The first-order chi connectivity index (χ1) is 19.9. The molecule has 0 spiro atoms. The Morgan fingerprint density at radius 1 is 0.829 bits per heavy atom. The molecule has 1 aromatic carbocycles. The van der Waals surface area contributed by atoms with Crippen LogP contribution in [0.4, 0.5) is 4.79 Å². The molecule has 4 heterocycles. The van der Waals surface area contributed by atoms with Gasteiger partial charge in [0.2, 0.25) is 11.8 Å². The summed E-state index contributed by atoms with van der Waals surface area (Å²) < 4.78 is 1.99.